The van der Waals surface area contributed by atoms with Crippen molar-refractivity contribution in [1.82, 2.24) is 0 Å². The van der Waals surface area contributed by atoms with Crippen LogP contribution in [0.1, 0.15) is 33.6 Å². The highest BCUT2D eigenvalue weighted by molar-refractivity contribution is 6.02. The average molecular weight is 283 g/mol. The van der Waals surface area contributed by atoms with E-state index in [1.54, 1.807) is 24.3 Å². The summed E-state index contributed by atoms with van der Waals surface area (Å²) < 4.78 is 0. The van der Waals surface area contributed by atoms with Crippen LogP contribution >= 0.6 is 0 Å². The number of hydrogen-bond donors (Lipinski definition) is 0. The summed E-state index contributed by atoms with van der Waals surface area (Å²) in [5, 5.41) is 10.7. The van der Waals surface area contributed by atoms with Crippen LogP contribution in [0.25, 0.3) is 0 Å². The van der Waals surface area contributed by atoms with Crippen LogP contribution in [-0.4, -0.2) is 16.5 Å². The Morgan fingerprint density at radius 1 is 0.857 bits per heavy atom. The normalized spacial score (nSPS) is 10.1. The molecule has 0 saturated carbocycles. The van der Waals surface area contributed by atoms with E-state index in [1.807, 2.05) is 6.07 Å². The number of carbonyl (C=O) groups excluding carboxylic acids is 2. The third kappa shape index (κ3) is 3.82. The largest absolute Gasteiger partial charge is 0.294 e. The first kappa shape index (κ1) is 14.6. The molecule has 0 heterocycles. The third-order valence-corrected chi connectivity index (χ3v) is 3.05. The molecule has 0 aromatic heterocycles. The highest BCUT2D eigenvalue weighted by Gasteiger charge is 2.13. The molecule has 2 aromatic carbocycles. The van der Waals surface area contributed by atoms with Gasteiger partial charge >= 0.3 is 0 Å². The zero-order valence-electron chi connectivity index (χ0n) is 11.2. The lowest BCUT2D eigenvalue weighted by Crippen LogP contribution is -2.05. The van der Waals surface area contributed by atoms with Gasteiger partial charge in [-0.3, -0.25) is 19.7 Å². The van der Waals surface area contributed by atoms with Crippen LogP contribution in [0.4, 0.5) is 5.69 Å². The Labute approximate surface area is 121 Å². The van der Waals surface area contributed by atoms with Crippen molar-refractivity contribution in [3.63, 3.8) is 0 Å². The number of nitrogens with zero attached hydrogens (tertiary/aromatic N) is 1. The lowest BCUT2D eigenvalue weighted by molar-refractivity contribution is -0.384. The molecule has 0 bridgehead atoms. The van der Waals surface area contributed by atoms with Crippen LogP contribution in [0, 0.1) is 10.1 Å². The van der Waals surface area contributed by atoms with Crippen molar-refractivity contribution >= 4 is 17.3 Å². The number of carbonyl (C=O) groups is 2. The number of nitro groups is 1. The molecule has 5 heteroatoms. The first-order valence-corrected chi connectivity index (χ1v) is 6.44. The van der Waals surface area contributed by atoms with E-state index < -0.39 is 4.92 Å². The molecule has 0 aliphatic rings. The number of ketones is 2. The van der Waals surface area contributed by atoms with E-state index >= 15 is 0 Å². The van der Waals surface area contributed by atoms with Crippen LogP contribution in [0.3, 0.4) is 0 Å². The lowest BCUT2D eigenvalue weighted by atomic mass is 10.0. The van der Waals surface area contributed by atoms with Crippen molar-refractivity contribution in [1.29, 1.82) is 0 Å². The fourth-order valence-electron chi connectivity index (χ4n) is 1.93. The summed E-state index contributed by atoms with van der Waals surface area (Å²) in [5.74, 6) is -0.391. The summed E-state index contributed by atoms with van der Waals surface area (Å²) in [6.45, 7) is 0. The summed E-state index contributed by atoms with van der Waals surface area (Å²) >= 11 is 0. The Kier molecular flexibility index (Phi) is 4.56. The second kappa shape index (κ2) is 6.56. The van der Waals surface area contributed by atoms with Crippen molar-refractivity contribution in [2.45, 2.75) is 12.8 Å². The fraction of sp³-hybridized carbons (Fsp3) is 0.125. The van der Waals surface area contributed by atoms with Crippen LogP contribution in [0.5, 0.6) is 0 Å². The van der Waals surface area contributed by atoms with Gasteiger partial charge in [0.15, 0.2) is 11.6 Å². The highest BCUT2D eigenvalue weighted by atomic mass is 16.6. The van der Waals surface area contributed by atoms with Gasteiger partial charge in [-0.05, 0) is 0 Å². The molecule has 106 valence electrons. The molecular weight excluding hydrogens is 270 g/mol. The Hall–Kier alpha value is -2.82. The molecule has 0 fully saturated rings. The Balaban J connectivity index is 2.01. The first-order chi connectivity index (χ1) is 10.1. The number of non-ortho nitro benzene ring substituents is 1. The molecular formula is C16H13NO4. The summed E-state index contributed by atoms with van der Waals surface area (Å²) in [6, 6.07) is 14.3. The zero-order valence-corrected chi connectivity index (χ0v) is 11.2. The van der Waals surface area contributed by atoms with E-state index in [1.165, 1.54) is 24.3 Å². The van der Waals surface area contributed by atoms with Gasteiger partial charge in [-0.15, -0.1) is 0 Å². The zero-order chi connectivity index (χ0) is 15.2. The van der Waals surface area contributed by atoms with E-state index in [9.17, 15) is 19.7 Å². The van der Waals surface area contributed by atoms with Gasteiger partial charge in [0.25, 0.3) is 5.69 Å². The van der Waals surface area contributed by atoms with Gasteiger partial charge in [0, 0.05) is 36.1 Å². The van der Waals surface area contributed by atoms with Crippen LogP contribution < -0.4 is 0 Å². The first-order valence-electron chi connectivity index (χ1n) is 6.44. The van der Waals surface area contributed by atoms with Crippen molar-refractivity contribution in [2.24, 2.45) is 0 Å². The number of rotatable bonds is 6. The number of Topliss-reactive ketones (excluding diaryl/α,β-unsaturated/α-hetero) is 2. The van der Waals surface area contributed by atoms with E-state index in [2.05, 4.69) is 0 Å². The summed E-state index contributed by atoms with van der Waals surface area (Å²) in [4.78, 5) is 34.0. The fourth-order valence-corrected chi connectivity index (χ4v) is 1.93. The Morgan fingerprint density at radius 3 is 2.05 bits per heavy atom. The lowest BCUT2D eigenvalue weighted by Gasteiger charge is -2.02. The molecule has 0 atom stereocenters. The smallest absolute Gasteiger partial charge is 0.270 e. The van der Waals surface area contributed by atoms with Gasteiger partial charge < -0.3 is 0 Å². The maximum Gasteiger partial charge on any atom is 0.270 e. The van der Waals surface area contributed by atoms with Gasteiger partial charge in [-0.25, -0.2) is 0 Å². The minimum atomic E-state index is -0.550. The van der Waals surface area contributed by atoms with Gasteiger partial charge in [-0.2, -0.15) is 0 Å². The minimum absolute atomic E-state index is 0.0366. The number of hydrogen-bond acceptors (Lipinski definition) is 4. The quantitative estimate of drug-likeness (QED) is 0.462. The van der Waals surface area contributed by atoms with Crippen LogP contribution in [0.2, 0.25) is 0 Å². The monoisotopic (exact) mass is 283 g/mol. The molecule has 21 heavy (non-hydrogen) atoms. The molecule has 0 aliphatic heterocycles. The molecule has 0 N–H and O–H groups in total. The predicted octanol–water partition coefficient (Wildman–Crippen LogP) is 3.44. The molecule has 2 rings (SSSR count). The summed E-state index contributed by atoms with van der Waals surface area (Å²) in [5.41, 5.74) is 0.685. The van der Waals surface area contributed by atoms with Gasteiger partial charge in [0.05, 0.1) is 4.92 Å². The molecule has 0 spiro atoms. The minimum Gasteiger partial charge on any atom is -0.294 e. The number of benzene rings is 2. The number of nitro benzene ring substituents is 1. The Morgan fingerprint density at radius 2 is 1.43 bits per heavy atom. The molecule has 0 amide bonds. The van der Waals surface area contributed by atoms with E-state index in [4.69, 9.17) is 0 Å². The van der Waals surface area contributed by atoms with Gasteiger partial charge in [0.2, 0.25) is 0 Å². The molecule has 0 unspecified atom stereocenters. The van der Waals surface area contributed by atoms with Crippen molar-refractivity contribution in [2.75, 3.05) is 0 Å². The second-order valence-corrected chi connectivity index (χ2v) is 4.52. The maximum absolute atomic E-state index is 12.0. The SMILES string of the molecule is O=C(CCC(=O)c1cccc([N+](=O)[O-])c1)c1ccccc1. The molecule has 0 saturated heterocycles. The Bertz CT molecular complexity index is 680. The maximum atomic E-state index is 12.0. The summed E-state index contributed by atoms with van der Waals surface area (Å²) in [6.07, 6.45) is 0.125. The van der Waals surface area contributed by atoms with E-state index in [0.29, 0.717) is 5.56 Å². The van der Waals surface area contributed by atoms with Crippen LogP contribution in [0.15, 0.2) is 54.6 Å². The molecule has 5 nitrogen and oxygen atoms in total. The van der Waals surface area contributed by atoms with Crippen molar-refractivity contribution in [3.8, 4) is 0 Å². The molecule has 0 aliphatic carbocycles. The van der Waals surface area contributed by atoms with E-state index in [0.717, 1.165) is 0 Å². The van der Waals surface area contributed by atoms with Gasteiger partial charge in [-0.1, -0.05) is 42.5 Å². The van der Waals surface area contributed by atoms with Crippen molar-refractivity contribution in [3.05, 3.63) is 75.8 Å². The topological polar surface area (TPSA) is 77.3 Å². The third-order valence-electron chi connectivity index (χ3n) is 3.05. The molecule has 0 radical (unpaired) electrons. The average Bonchev–Trinajstić information content (AvgIpc) is 2.53. The second-order valence-electron chi connectivity index (χ2n) is 4.52. The standard InChI is InChI=1S/C16H13NO4/c18-15(12-5-2-1-3-6-12)9-10-16(19)13-7-4-8-14(11-13)17(20)21/h1-8,11H,9-10H2. The van der Waals surface area contributed by atoms with Crippen molar-refractivity contribution < 1.29 is 14.5 Å². The van der Waals surface area contributed by atoms with Crippen LogP contribution in [-0.2, 0) is 0 Å². The summed E-state index contributed by atoms with van der Waals surface area (Å²) in [7, 11) is 0. The highest BCUT2D eigenvalue weighted by Crippen LogP contribution is 2.16. The van der Waals surface area contributed by atoms with E-state index in [-0.39, 0.29) is 35.7 Å². The predicted molar refractivity (Wildman–Crippen MR) is 77.4 cm³/mol. The molecule has 2 aromatic rings. The van der Waals surface area contributed by atoms with Gasteiger partial charge in [0.1, 0.15) is 0 Å².